The Labute approximate surface area is 194 Å². The summed E-state index contributed by atoms with van der Waals surface area (Å²) < 4.78 is 5.97. The van der Waals surface area contributed by atoms with Gasteiger partial charge in [-0.3, -0.25) is 4.79 Å². The van der Waals surface area contributed by atoms with Crippen molar-refractivity contribution in [3.05, 3.63) is 41.7 Å². The Kier molecular flexibility index (Phi) is 5.46. The van der Waals surface area contributed by atoms with Gasteiger partial charge in [0.25, 0.3) is 0 Å². The van der Waals surface area contributed by atoms with Crippen molar-refractivity contribution in [3.8, 4) is 0 Å². The maximum Gasteiger partial charge on any atom is 0.139 e. The van der Waals surface area contributed by atoms with E-state index in [-0.39, 0.29) is 5.41 Å². The van der Waals surface area contributed by atoms with E-state index in [1.165, 1.54) is 36.3 Å². The van der Waals surface area contributed by atoms with E-state index < -0.39 is 0 Å². The molecule has 1 aromatic rings. The van der Waals surface area contributed by atoms with Crippen molar-refractivity contribution in [2.24, 2.45) is 34.5 Å². The molecule has 3 fully saturated rings. The van der Waals surface area contributed by atoms with E-state index in [2.05, 4.69) is 70.1 Å². The lowest BCUT2D eigenvalue weighted by Crippen LogP contribution is -2.55. The number of Topliss-reactive ketones (excluding diaryl/α,β-unsaturated/α-hetero) is 1. The molecule has 0 spiro atoms. The summed E-state index contributed by atoms with van der Waals surface area (Å²) in [5, 5.41) is 0. The Balaban J connectivity index is 1.57. The van der Waals surface area contributed by atoms with Gasteiger partial charge in [-0.05, 0) is 97.8 Å². The molecule has 3 heteroatoms. The minimum absolute atomic E-state index is 0.129. The third-order valence-electron chi connectivity index (χ3n) is 10.1. The Morgan fingerprint density at radius 1 is 1.06 bits per heavy atom. The van der Waals surface area contributed by atoms with Gasteiger partial charge in [-0.2, -0.15) is 0 Å². The van der Waals surface area contributed by atoms with Crippen LogP contribution in [-0.2, 0) is 9.53 Å². The van der Waals surface area contributed by atoms with Crippen LogP contribution in [0, 0.1) is 34.5 Å². The molecule has 0 aromatic heterocycles. The summed E-state index contributed by atoms with van der Waals surface area (Å²) in [7, 11) is 4.21. The highest BCUT2D eigenvalue weighted by atomic mass is 16.5. The molecule has 4 aliphatic rings. The van der Waals surface area contributed by atoms with Crippen LogP contribution in [0.15, 0.2) is 36.1 Å². The third kappa shape index (κ3) is 3.25. The summed E-state index contributed by atoms with van der Waals surface area (Å²) in [6.07, 6.45) is 10.2. The predicted octanol–water partition coefficient (Wildman–Crippen LogP) is 6.59. The zero-order valence-corrected chi connectivity index (χ0v) is 20.7. The van der Waals surface area contributed by atoms with Gasteiger partial charge in [-0.1, -0.05) is 26.0 Å². The highest BCUT2D eigenvalue weighted by molar-refractivity contribution is 5.87. The van der Waals surface area contributed by atoms with Crippen molar-refractivity contribution in [2.75, 3.05) is 25.6 Å². The Morgan fingerprint density at radius 2 is 1.81 bits per heavy atom. The van der Waals surface area contributed by atoms with E-state index in [1.54, 1.807) is 0 Å². The van der Waals surface area contributed by atoms with E-state index in [0.717, 1.165) is 32.3 Å². The smallest absolute Gasteiger partial charge is 0.139 e. The van der Waals surface area contributed by atoms with Crippen LogP contribution in [0.2, 0.25) is 0 Å². The molecule has 0 bridgehead atoms. The monoisotopic (exact) mass is 435 g/mol. The lowest BCUT2D eigenvalue weighted by atomic mass is 9.42. The molecule has 0 N–H and O–H groups in total. The van der Waals surface area contributed by atoms with Gasteiger partial charge in [-0.15, -0.1) is 0 Å². The molecule has 4 aliphatic carbocycles. The molecule has 0 aliphatic heterocycles. The van der Waals surface area contributed by atoms with Crippen LogP contribution in [-0.4, -0.2) is 26.5 Å². The van der Waals surface area contributed by atoms with Crippen molar-refractivity contribution < 1.29 is 9.53 Å². The number of carbonyl (C=O) groups is 1. The average Bonchev–Trinajstić information content (AvgIpc) is 3.08. The van der Waals surface area contributed by atoms with Gasteiger partial charge in [0.1, 0.15) is 5.78 Å². The van der Waals surface area contributed by atoms with Gasteiger partial charge in [0, 0.05) is 38.0 Å². The molecule has 0 saturated heterocycles. The maximum atomic E-state index is 13.2. The molecule has 7 atom stereocenters. The fourth-order valence-electron chi connectivity index (χ4n) is 8.44. The first kappa shape index (κ1) is 22.0. The summed E-state index contributed by atoms with van der Waals surface area (Å²) in [6.45, 7) is 7.75. The molecule has 174 valence electrons. The largest absolute Gasteiger partial charge is 0.499 e. The maximum absolute atomic E-state index is 13.2. The molecule has 3 nitrogen and oxygen atoms in total. The number of rotatable bonds is 4. The third-order valence-corrected chi connectivity index (χ3v) is 10.1. The minimum atomic E-state index is -0.129. The Hall–Kier alpha value is -1.77. The van der Waals surface area contributed by atoms with Crippen molar-refractivity contribution >= 4 is 11.5 Å². The molecule has 2 unspecified atom stereocenters. The molecule has 3 saturated carbocycles. The highest BCUT2D eigenvalue weighted by Crippen LogP contribution is 2.68. The normalized spacial score (nSPS) is 40.7. The van der Waals surface area contributed by atoms with Gasteiger partial charge < -0.3 is 9.64 Å². The summed E-state index contributed by atoms with van der Waals surface area (Å²) in [5.74, 6) is 4.71. The zero-order chi connectivity index (χ0) is 22.7. The van der Waals surface area contributed by atoms with Crippen LogP contribution >= 0.6 is 0 Å². The number of nitrogens with zero attached hydrogens (tertiary/aromatic N) is 1. The van der Waals surface area contributed by atoms with Crippen LogP contribution in [0.4, 0.5) is 5.69 Å². The van der Waals surface area contributed by atoms with Crippen molar-refractivity contribution in [1.29, 1.82) is 0 Å². The number of hydrogen-bond donors (Lipinski definition) is 0. The fraction of sp³-hybridized carbons (Fsp3) is 0.690. The topological polar surface area (TPSA) is 29.5 Å². The lowest BCUT2D eigenvalue weighted by molar-refractivity contribution is -0.139. The van der Waals surface area contributed by atoms with Crippen molar-refractivity contribution in [1.82, 2.24) is 0 Å². The van der Waals surface area contributed by atoms with E-state index in [9.17, 15) is 4.79 Å². The number of carbonyl (C=O) groups excluding carboxylic acids is 1. The Morgan fingerprint density at radius 3 is 2.50 bits per heavy atom. The number of benzene rings is 1. The van der Waals surface area contributed by atoms with E-state index in [1.807, 2.05) is 0 Å². The van der Waals surface area contributed by atoms with E-state index in [0.29, 0.717) is 40.8 Å². The molecular formula is C29H41NO2. The number of anilines is 1. The molecule has 0 heterocycles. The van der Waals surface area contributed by atoms with Gasteiger partial charge in [0.05, 0.1) is 12.4 Å². The molecule has 0 amide bonds. The van der Waals surface area contributed by atoms with Gasteiger partial charge in [0.15, 0.2) is 0 Å². The molecular weight excluding hydrogens is 394 g/mol. The van der Waals surface area contributed by atoms with Crippen LogP contribution < -0.4 is 4.90 Å². The number of ether oxygens (including phenoxy) is 1. The average molecular weight is 436 g/mol. The van der Waals surface area contributed by atoms with Gasteiger partial charge >= 0.3 is 0 Å². The summed E-state index contributed by atoms with van der Waals surface area (Å²) in [4.78, 5) is 15.3. The van der Waals surface area contributed by atoms with E-state index in [4.69, 9.17) is 4.74 Å². The first-order valence-electron chi connectivity index (χ1n) is 12.9. The molecule has 5 rings (SSSR count). The SMILES string of the molecule is CCOC1=CC2CC[C@@H]3C([C@@H](c4ccc(N(C)C)cc4)C[C@]4(C)C(=O)CC[C@@H]34)[C@]2(C)CC1. The second kappa shape index (κ2) is 7.92. The fourth-order valence-corrected chi connectivity index (χ4v) is 8.44. The Bertz CT molecular complexity index is 902. The second-order valence-corrected chi connectivity index (χ2v) is 11.7. The standard InChI is InChI=1S/C29H41NO2/c1-6-32-22-15-16-28(2)20(17-22)9-12-23-25-13-14-26(31)29(25,3)18-24(27(23)28)19-7-10-21(11-8-19)30(4)5/h7-8,10-11,17,20,23-25,27H,6,9,12-16,18H2,1-5H3/t20?,23-,24+,25-,27?,28+,29-/m0/s1. The van der Waals surface area contributed by atoms with Gasteiger partial charge in [0.2, 0.25) is 0 Å². The molecule has 1 aromatic carbocycles. The minimum Gasteiger partial charge on any atom is -0.499 e. The zero-order valence-electron chi connectivity index (χ0n) is 20.7. The second-order valence-electron chi connectivity index (χ2n) is 11.7. The van der Waals surface area contributed by atoms with Crippen LogP contribution in [0.25, 0.3) is 0 Å². The van der Waals surface area contributed by atoms with Crippen molar-refractivity contribution in [2.45, 2.75) is 71.6 Å². The summed E-state index contributed by atoms with van der Waals surface area (Å²) in [5.41, 5.74) is 2.86. The number of allylic oxidation sites excluding steroid dienone is 2. The molecule has 32 heavy (non-hydrogen) atoms. The van der Waals surface area contributed by atoms with E-state index >= 15 is 0 Å². The first-order valence-corrected chi connectivity index (χ1v) is 12.9. The summed E-state index contributed by atoms with van der Waals surface area (Å²) in [6, 6.07) is 9.26. The summed E-state index contributed by atoms with van der Waals surface area (Å²) >= 11 is 0. The van der Waals surface area contributed by atoms with Crippen LogP contribution in [0.5, 0.6) is 0 Å². The predicted molar refractivity (Wildman–Crippen MR) is 131 cm³/mol. The lowest BCUT2D eigenvalue weighted by Gasteiger charge is -2.61. The molecule has 0 radical (unpaired) electrons. The number of ketones is 1. The van der Waals surface area contributed by atoms with Crippen LogP contribution in [0.3, 0.4) is 0 Å². The first-order chi connectivity index (χ1) is 15.3. The van der Waals surface area contributed by atoms with Gasteiger partial charge in [-0.25, -0.2) is 0 Å². The number of hydrogen-bond acceptors (Lipinski definition) is 3. The van der Waals surface area contributed by atoms with Crippen molar-refractivity contribution in [3.63, 3.8) is 0 Å². The highest BCUT2D eigenvalue weighted by Gasteiger charge is 2.62. The number of fused-ring (bicyclic) bond motifs is 5. The van der Waals surface area contributed by atoms with Crippen LogP contribution in [0.1, 0.15) is 77.2 Å². The quantitative estimate of drug-likeness (QED) is 0.534.